The van der Waals surface area contributed by atoms with Crippen LogP contribution in [-0.4, -0.2) is 31.6 Å². The fourth-order valence-electron chi connectivity index (χ4n) is 2.43. The molecule has 0 atom stereocenters. The van der Waals surface area contributed by atoms with E-state index in [1.54, 1.807) is 12.1 Å². The van der Waals surface area contributed by atoms with Crippen LogP contribution in [0.1, 0.15) is 32.8 Å². The first-order valence-corrected chi connectivity index (χ1v) is 11.5. The van der Waals surface area contributed by atoms with Crippen molar-refractivity contribution in [1.29, 1.82) is 0 Å². The highest BCUT2D eigenvalue weighted by Gasteiger charge is 2.11. The quantitative estimate of drug-likeness (QED) is 0.163. The lowest BCUT2D eigenvalue weighted by Gasteiger charge is -2.13. The second-order valence-corrected chi connectivity index (χ2v) is 8.75. The van der Waals surface area contributed by atoms with Crippen LogP contribution in [0.3, 0.4) is 0 Å². The third-order valence-electron chi connectivity index (χ3n) is 3.92. The van der Waals surface area contributed by atoms with E-state index in [2.05, 4.69) is 5.16 Å². The van der Waals surface area contributed by atoms with E-state index in [1.807, 2.05) is 45.0 Å². The second kappa shape index (κ2) is 13.7. The molecule has 2 aromatic rings. The van der Waals surface area contributed by atoms with Crippen molar-refractivity contribution in [2.24, 2.45) is 5.16 Å². The topological polar surface area (TPSA) is 49.3 Å². The molecule has 9 heteroatoms. The van der Waals surface area contributed by atoms with Crippen LogP contribution in [0.2, 0.25) is 10.0 Å². The molecule has 0 saturated carbocycles. The first kappa shape index (κ1) is 26.5. The molecule has 0 amide bonds. The summed E-state index contributed by atoms with van der Waals surface area (Å²) in [5.41, 5.74) is 1.72. The predicted octanol–water partition coefficient (Wildman–Crippen LogP) is 7.69. The van der Waals surface area contributed by atoms with Gasteiger partial charge in [0.2, 0.25) is 0 Å². The first-order chi connectivity index (χ1) is 15.3. The number of hydrogen-bond donors (Lipinski definition) is 0. The summed E-state index contributed by atoms with van der Waals surface area (Å²) in [6.45, 7) is 6.79. The molecule has 0 aliphatic heterocycles. The molecule has 0 N–H and O–H groups in total. The zero-order valence-electron chi connectivity index (χ0n) is 18.0. The standard InChI is InChI=1S/C23H25Cl4NO4/c1-15(2)32-28-16(3)17-6-4-7-18(12-17)29-9-5-10-31-23-20(24)13-19(14-21(23)25)30-11-8-22(26)27/h4,6-8,12-15H,5,9-11H2,1-3H3. The summed E-state index contributed by atoms with van der Waals surface area (Å²) in [7, 11) is 0. The van der Waals surface area contributed by atoms with Gasteiger partial charge in [-0.15, -0.1) is 0 Å². The molecule has 0 heterocycles. The van der Waals surface area contributed by atoms with Crippen molar-refractivity contribution in [3.63, 3.8) is 0 Å². The number of oxime groups is 1. The minimum Gasteiger partial charge on any atom is -0.493 e. The van der Waals surface area contributed by atoms with E-state index in [1.165, 1.54) is 6.08 Å². The Kier molecular flexibility index (Phi) is 11.3. The van der Waals surface area contributed by atoms with Gasteiger partial charge in [-0.25, -0.2) is 0 Å². The average Bonchev–Trinajstić information content (AvgIpc) is 2.73. The van der Waals surface area contributed by atoms with Crippen LogP contribution in [0.4, 0.5) is 0 Å². The molecular formula is C23H25Cl4NO4. The number of nitrogens with zero attached hydrogens (tertiary/aromatic N) is 1. The van der Waals surface area contributed by atoms with Crippen LogP contribution < -0.4 is 14.2 Å². The maximum Gasteiger partial charge on any atom is 0.156 e. The van der Waals surface area contributed by atoms with Crippen LogP contribution in [0.5, 0.6) is 17.2 Å². The van der Waals surface area contributed by atoms with Crippen molar-refractivity contribution in [1.82, 2.24) is 0 Å². The summed E-state index contributed by atoms with van der Waals surface area (Å²) in [5, 5.41) is 4.81. The normalized spacial score (nSPS) is 11.3. The summed E-state index contributed by atoms with van der Waals surface area (Å²) in [5.74, 6) is 1.62. The van der Waals surface area contributed by atoms with Crippen molar-refractivity contribution in [2.45, 2.75) is 33.3 Å². The van der Waals surface area contributed by atoms with Crippen molar-refractivity contribution >= 4 is 52.1 Å². The van der Waals surface area contributed by atoms with Gasteiger partial charge in [-0.1, -0.05) is 63.7 Å². The molecule has 2 rings (SSSR count). The van der Waals surface area contributed by atoms with Crippen LogP contribution in [0.15, 0.2) is 52.1 Å². The summed E-state index contributed by atoms with van der Waals surface area (Å²) in [6, 6.07) is 10.9. The number of rotatable bonds is 12. The largest absolute Gasteiger partial charge is 0.493 e. The van der Waals surface area contributed by atoms with Gasteiger partial charge in [-0.05, 0) is 39.0 Å². The average molecular weight is 521 g/mol. The highest BCUT2D eigenvalue weighted by molar-refractivity contribution is 6.55. The van der Waals surface area contributed by atoms with Gasteiger partial charge in [-0.2, -0.15) is 0 Å². The Hall–Kier alpha value is -1.79. The Balaban J connectivity index is 1.82. The van der Waals surface area contributed by atoms with E-state index in [9.17, 15) is 0 Å². The molecule has 0 fully saturated rings. The summed E-state index contributed by atoms with van der Waals surface area (Å²) in [4.78, 5) is 5.30. The fourth-order valence-corrected chi connectivity index (χ4v) is 3.13. The maximum absolute atomic E-state index is 6.27. The molecule has 0 saturated heterocycles. The predicted molar refractivity (Wildman–Crippen MR) is 132 cm³/mol. The molecule has 0 spiro atoms. The zero-order chi connectivity index (χ0) is 23.5. The SMILES string of the molecule is CC(=NOC(C)C)c1cccc(OCCCOc2c(Cl)cc(OCC=C(Cl)Cl)cc2Cl)c1. The van der Waals surface area contributed by atoms with Gasteiger partial charge < -0.3 is 19.0 Å². The van der Waals surface area contributed by atoms with Gasteiger partial charge in [0.1, 0.15) is 28.7 Å². The maximum atomic E-state index is 6.27. The molecule has 0 aliphatic rings. The van der Waals surface area contributed by atoms with Crippen molar-refractivity contribution < 1.29 is 19.0 Å². The highest BCUT2D eigenvalue weighted by Crippen LogP contribution is 2.37. The first-order valence-electron chi connectivity index (χ1n) is 9.95. The molecule has 0 aliphatic carbocycles. The smallest absolute Gasteiger partial charge is 0.156 e. The van der Waals surface area contributed by atoms with E-state index < -0.39 is 0 Å². The van der Waals surface area contributed by atoms with Crippen LogP contribution in [0, 0.1) is 0 Å². The van der Waals surface area contributed by atoms with E-state index in [4.69, 9.17) is 65.5 Å². The Labute approximate surface area is 208 Å². The second-order valence-electron chi connectivity index (χ2n) is 6.93. The van der Waals surface area contributed by atoms with Gasteiger partial charge in [-0.3, -0.25) is 0 Å². The summed E-state index contributed by atoms with van der Waals surface area (Å²) >= 11 is 23.6. The van der Waals surface area contributed by atoms with E-state index in [0.29, 0.717) is 41.2 Å². The number of halogens is 4. The Morgan fingerprint density at radius 1 is 0.969 bits per heavy atom. The monoisotopic (exact) mass is 519 g/mol. The molecule has 0 aromatic heterocycles. The van der Waals surface area contributed by atoms with Crippen LogP contribution >= 0.6 is 46.4 Å². The molecular weight excluding hydrogens is 496 g/mol. The number of benzene rings is 2. The van der Waals surface area contributed by atoms with E-state index in [0.717, 1.165) is 17.0 Å². The molecule has 0 bridgehead atoms. The lowest BCUT2D eigenvalue weighted by molar-refractivity contribution is 0.0860. The van der Waals surface area contributed by atoms with Crippen LogP contribution in [0.25, 0.3) is 0 Å². The summed E-state index contributed by atoms with van der Waals surface area (Å²) < 4.78 is 17.1. The minimum atomic E-state index is 0.0299. The van der Waals surface area contributed by atoms with Gasteiger partial charge >= 0.3 is 0 Å². The van der Waals surface area contributed by atoms with Crippen molar-refractivity contribution in [2.75, 3.05) is 19.8 Å². The van der Waals surface area contributed by atoms with Gasteiger partial charge in [0.15, 0.2) is 5.75 Å². The Morgan fingerprint density at radius 2 is 1.66 bits per heavy atom. The molecule has 2 aromatic carbocycles. The number of ether oxygens (including phenoxy) is 3. The van der Waals surface area contributed by atoms with Crippen molar-refractivity contribution in [3.8, 4) is 17.2 Å². The molecule has 32 heavy (non-hydrogen) atoms. The Morgan fingerprint density at radius 3 is 2.31 bits per heavy atom. The minimum absolute atomic E-state index is 0.0299. The number of hydrogen-bond acceptors (Lipinski definition) is 5. The van der Waals surface area contributed by atoms with Crippen molar-refractivity contribution in [3.05, 3.63) is 62.6 Å². The fraction of sp³-hybridized carbons (Fsp3) is 0.348. The molecule has 0 unspecified atom stereocenters. The van der Waals surface area contributed by atoms with Gasteiger partial charge in [0.25, 0.3) is 0 Å². The van der Waals surface area contributed by atoms with Gasteiger partial charge in [0, 0.05) is 24.1 Å². The van der Waals surface area contributed by atoms with Crippen LogP contribution in [-0.2, 0) is 4.84 Å². The highest BCUT2D eigenvalue weighted by atomic mass is 35.5. The third-order valence-corrected chi connectivity index (χ3v) is 4.79. The lowest BCUT2D eigenvalue weighted by atomic mass is 10.1. The third kappa shape index (κ3) is 9.37. The lowest BCUT2D eigenvalue weighted by Crippen LogP contribution is -2.06. The summed E-state index contributed by atoms with van der Waals surface area (Å²) in [6.07, 6.45) is 2.18. The molecule has 0 radical (unpaired) electrons. The van der Waals surface area contributed by atoms with Gasteiger partial charge in [0.05, 0.1) is 29.0 Å². The Bertz CT molecular complexity index is 920. The molecule has 5 nitrogen and oxygen atoms in total. The zero-order valence-corrected chi connectivity index (χ0v) is 21.1. The van der Waals surface area contributed by atoms with E-state index >= 15 is 0 Å². The van der Waals surface area contributed by atoms with E-state index in [-0.39, 0.29) is 17.2 Å². The molecule has 174 valence electrons.